The minimum absolute atomic E-state index is 0.548. The van der Waals surface area contributed by atoms with Crippen LogP contribution in [0.2, 0.25) is 0 Å². The summed E-state index contributed by atoms with van der Waals surface area (Å²) >= 11 is 2.03. The quantitative estimate of drug-likeness (QED) is 0.861. The largest absolute Gasteiger partial charge is 0.443 e. The zero-order valence-corrected chi connectivity index (χ0v) is 9.80. The Labute approximate surface area is 94.3 Å². The highest BCUT2D eigenvalue weighted by Gasteiger charge is 2.17. The standard InChI is InChI=1S/C11H17NO2S/c1-8(13)10-7-12-11(14-10)6-9-2-4-15-5-3-9/h7-9,13H,2-6H2,1H3. The molecule has 1 saturated heterocycles. The van der Waals surface area contributed by atoms with Crippen LogP contribution in [0, 0.1) is 5.92 Å². The molecule has 1 unspecified atom stereocenters. The summed E-state index contributed by atoms with van der Waals surface area (Å²) in [5.41, 5.74) is 0. The predicted octanol–water partition coefficient (Wildman–Crippen LogP) is 2.41. The normalized spacial score (nSPS) is 20.4. The molecule has 0 bridgehead atoms. The van der Waals surface area contributed by atoms with E-state index in [-0.39, 0.29) is 0 Å². The number of hydrogen-bond donors (Lipinski definition) is 1. The zero-order valence-electron chi connectivity index (χ0n) is 8.98. The van der Waals surface area contributed by atoms with E-state index in [1.165, 1.54) is 24.3 Å². The van der Waals surface area contributed by atoms with Crippen LogP contribution in [0.1, 0.15) is 37.5 Å². The first-order valence-corrected chi connectivity index (χ1v) is 6.61. The van der Waals surface area contributed by atoms with Gasteiger partial charge in [-0.05, 0) is 37.2 Å². The summed E-state index contributed by atoms with van der Waals surface area (Å²) in [5.74, 6) is 4.59. The van der Waals surface area contributed by atoms with Crippen LogP contribution in [-0.4, -0.2) is 21.6 Å². The summed E-state index contributed by atoms with van der Waals surface area (Å²) in [4.78, 5) is 4.20. The molecule has 84 valence electrons. The molecular weight excluding hydrogens is 210 g/mol. The molecule has 3 nitrogen and oxygen atoms in total. The number of aromatic nitrogens is 1. The third-order valence-corrected chi connectivity index (χ3v) is 3.84. The Balaban J connectivity index is 1.91. The second kappa shape index (κ2) is 5.03. The molecule has 4 heteroatoms. The van der Waals surface area contributed by atoms with Gasteiger partial charge in [-0.2, -0.15) is 11.8 Å². The fraction of sp³-hybridized carbons (Fsp3) is 0.727. The van der Waals surface area contributed by atoms with E-state index in [1.54, 1.807) is 13.1 Å². The lowest BCUT2D eigenvalue weighted by Gasteiger charge is -2.19. The van der Waals surface area contributed by atoms with Gasteiger partial charge in [0.05, 0.1) is 6.20 Å². The van der Waals surface area contributed by atoms with Crippen molar-refractivity contribution in [3.05, 3.63) is 17.8 Å². The molecule has 2 heterocycles. The van der Waals surface area contributed by atoms with Crippen LogP contribution in [0.3, 0.4) is 0 Å². The first-order chi connectivity index (χ1) is 7.25. The Morgan fingerprint density at radius 2 is 2.33 bits per heavy atom. The van der Waals surface area contributed by atoms with Gasteiger partial charge in [0.25, 0.3) is 0 Å². The number of thioether (sulfide) groups is 1. The first kappa shape index (κ1) is 11.0. The summed E-state index contributed by atoms with van der Waals surface area (Å²) in [5, 5.41) is 9.31. The maximum Gasteiger partial charge on any atom is 0.194 e. The third kappa shape index (κ3) is 2.98. The van der Waals surface area contributed by atoms with Gasteiger partial charge in [-0.15, -0.1) is 0 Å². The molecule has 0 aromatic carbocycles. The second-order valence-electron chi connectivity index (χ2n) is 4.09. The maximum atomic E-state index is 9.31. The molecule has 1 aromatic rings. The minimum Gasteiger partial charge on any atom is -0.443 e. The van der Waals surface area contributed by atoms with Crippen molar-refractivity contribution in [3.8, 4) is 0 Å². The van der Waals surface area contributed by atoms with Gasteiger partial charge in [0, 0.05) is 6.42 Å². The lowest BCUT2D eigenvalue weighted by atomic mass is 9.99. The molecule has 1 aromatic heterocycles. The predicted molar refractivity (Wildman–Crippen MR) is 60.9 cm³/mol. The molecule has 0 amide bonds. The van der Waals surface area contributed by atoms with Crippen molar-refractivity contribution in [3.63, 3.8) is 0 Å². The molecule has 0 saturated carbocycles. The van der Waals surface area contributed by atoms with E-state index in [0.717, 1.165) is 12.3 Å². The number of nitrogens with zero attached hydrogens (tertiary/aromatic N) is 1. The average molecular weight is 227 g/mol. The van der Waals surface area contributed by atoms with Crippen LogP contribution in [-0.2, 0) is 6.42 Å². The van der Waals surface area contributed by atoms with Crippen LogP contribution >= 0.6 is 11.8 Å². The van der Waals surface area contributed by atoms with E-state index in [2.05, 4.69) is 4.98 Å². The Hall–Kier alpha value is -0.480. The number of rotatable bonds is 3. The number of aliphatic hydroxyl groups excluding tert-OH is 1. The van der Waals surface area contributed by atoms with E-state index >= 15 is 0 Å². The summed E-state index contributed by atoms with van der Waals surface area (Å²) in [7, 11) is 0. The van der Waals surface area contributed by atoms with Gasteiger partial charge in [0.2, 0.25) is 0 Å². The summed E-state index contributed by atoms with van der Waals surface area (Å²) in [6.45, 7) is 1.70. The number of aliphatic hydroxyl groups is 1. The van der Waals surface area contributed by atoms with Gasteiger partial charge >= 0.3 is 0 Å². The van der Waals surface area contributed by atoms with Crippen LogP contribution in [0.5, 0.6) is 0 Å². The van der Waals surface area contributed by atoms with Gasteiger partial charge in [-0.1, -0.05) is 0 Å². The monoisotopic (exact) mass is 227 g/mol. The third-order valence-electron chi connectivity index (χ3n) is 2.79. The van der Waals surface area contributed by atoms with Crippen molar-refractivity contribution in [2.45, 2.75) is 32.3 Å². The second-order valence-corrected chi connectivity index (χ2v) is 5.32. The molecule has 2 rings (SSSR count). The summed E-state index contributed by atoms with van der Waals surface area (Å²) in [6, 6.07) is 0. The van der Waals surface area contributed by atoms with Gasteiger partial charge < -0.3 is 9.52 Å². The van der Waals surface area contributed by atoms with Crippen molar-refractivity contribution in [2.24, 2.45) is 5.92 Å². The van der Waals surface area contributed by atoms with Crippen molar-refractivity contribution >= 4 is 11.8 Å². The lowest BCUT2D eigenvalue weighted by molar-refractivity contribution is 0.166. The molecule has 0 spiro atoms. The highest BCUT2D eigenvalue weighted by atomic mass is 32.2. The van der Waals surface area contributed by atoms with E-state index in [4.69, 9.17) is 4.42 Å². The SMILES string of the molecule is CC(O)c1cnc(CC2CCSCC2)o1. The topological polar surface area (TPSA) is 46.3 Å². The average Bonchev–Trinajstić information content (AvgIpc) is 2.68. The molecule has 15 heavy (non-hydrogen) atoms. The Morgan fingerprint density at radius 3 is 2.93 bits per heavy atom. The minimum atomic E-state index is -0.548. The highest BCUT2D eigenvalue weighted by Crippen LogP contribution is 2.26. The fourth-order valence-electron chi connectivity index (χ4n) is 1.81. The Bertz CT molecular complexity index is 305. The first-order valence-electron chi connectivity index (χ1n) is 5.46. The highest BCUT2D eigenvalue weighted by molar-refractivity contribution is 7.99. The van der Waals surface area contributed by atoms with Crippen LogP contribution in [0.15, 0.2) is 10.6 Å². The van der Waals surface area contributed by atoms with Gasteiger partial charge in [-0.3, -0.25) is 0 Å². The Kier molecular flexibility index (Phi) is 3.70. The van der Waals surface area contributed by atoms with E-state index in [9.17, 15) is 5.11 Å². The van der Waals surface area contributed by atoms with Crippen molar-refractivity contribution < 1.29 is 9.52 Å². The van der Waals surface area contributed by atoms with E-state index < -0.39 is 6.10 Å². The fourth-order valence-corrected chi connectivity index (χ4v) is 3.01. The van der Waals surface area contributed by atoms with E-state index in [1.807, 2.05) is 11.8 Å². The molecule has 1 fully saturated rings. The summed E-state index contributed by atoms with van der Waals surface area (Å²) < 4.78 is 5.48. The molecule has 1 N–H and O–H groups in total. The summed E-state index contributed by atoms with van der Waals surface area (Å²) in [6.07, 6.45) is 4.53. The van der Waals surface area contributed by atoms with E-state index in [0.29, 0.717) is 11.7 Å². The molecular formula is C11H17NO2S. The van der Waals surface area contributed by atoms with Gasteiger partial charge in [0.1, 0.15) is 6.10 Å². The zero-order chi connectivity index (χ0) is 10.7. The van der Waals surface area contributed by atoms with Crippen molar-refractivity contribution in [1.82, 2.24) is 4.98 Å². The van der Waals surface area contributed by atoms with Crippen LogP contribution < -0.4 is 0 Å². The molecule has 1 aliphatic heterocycles. The molecule has 1 aliphatic rings. The van der Waals surface area contributed by atoms with Crippen molar-refractivity contribution in [2.75, 3.05) is 11.5 Å². The van der Waals surface area contributed by atoms with Crippen molar-refractivity contribution in [1.29, 1.82) is 0 Å². The van der Waals surface area contributed by atoms with Gasteiger partial charge in [-0.25, -0.2) is 4.98 Å². The maximum absolute atomic E-state index is 9.31. The van der Waals surface area contributed by atoms with Crippen LogP contribution in [0.25, 0.3) is 0 Å². The smallest absolute Gasteiger partial charge is 0.194 e. The van der Waals surface area contributed by atoms with Crippen LogP contribution in [0.4, 0.5) is 0 Å². The Morgan fingerprint density at radius 1 is 1.60 bits per heavy atom. The molecule has 0 radical (unpaired) electrons. The number of hydrogen-bond acceptors (Lipinski definition) is 4. The molecule has 1 atom stereocenters. The molecule has 0 aliphatic carbocycles. The van der Waals surface area contributed by atoms with Gasteiger partial charge in [0.15, 0.2) is 11.7 Å². The lowest BCUT2D eigenvalue weighted by Crippen LogP contribution is -2.12. The number of oxazole rings is 1.